The van der Waals surface area contributed by atoms with E-state index in [-0.39, 0.29) is 18.3 Å². The molecule has 1 amide bonds. The highest BCUT2D eigenvalue weighted by molar-refractivity contribution is 9.10. The second-order valence-electron chi connectivity index (χ2n) is 4.71. The summed E-state index contributed by atoms with van der Waals surface area (Å²) in [5, 5.41) is 4.84. The molecule has 0 spiro atoms. The van der Waals surface area contributed by atoms with Gasteiger partial charge in [0.1, 0.15) is 0 Å². The van der Waals surface area contributed by atoms with Crippen LogP contribution in [0.1, 0.15) is 22.9 Å². The Bertz CT molecular complexity index is 625. The van der Waals surface area contributed by atoms with Gasteiger partial charge >= 0.3 is 5.97 Å². The molecule has 2 aromatic rings. The lowest BCUT2D eigenvalue weighted by molar-refractivity contribution is -0.141. The molecule has 0 saturated heterocycles. The summed E-state index contributed by atoms with van der Waals surface area (Å²) in [4.78, 5) is 24.7. The molecule has 4 nitrogen and oxygen atoms in total. The Balaban J connectivity index is 2.08. The number of hydrogen-bond donors (Lipinski definition) is 1. The second kappa shape index (κ2) is 8.10. The van der Waals surface area contributed by atoms with Crippen molar-refractivity contribution in [2.45, 2.75) is 18.9 Å². The predicted octanol–water partition coefficient (Wildman–Crippen LogP) is 3.47. The van der Waals surface area contributed by atoms with E-state index in [4.69, 9.17) is 4.74 Å². The van der Waals surface area contributed by atoms with Crippen LogP contribution in [0.5, 0.6) is 0 Å². The third kappa shape index (κ3) is 4.96. The van der Waals surface area contributed by atoms with E-state index in [2.05, 4.69) is 21.2 Å². The maximum absolute atomic E-state index is 12.2. The molecule has 0 unspecified atom stereocenters. The summed E-state index contributed by atoms with van der Waals surface area (Å²) in [5.41, 5.74) is 0.869. The summed E-state index contributed by atoms with van der Waals surface area (Å²) in [7, 11) is 1.34. The molecule has 0 aliphatic rings. The smallest absolute Gasteiger partial charge is 0.307 e. The first-order chi connectivity index (χ1) is 10.6. The van der Waals surface area contributed by atoms with Crippen LogP contribution in [0.15, 0.2) is 46.3 Å². The summed E-state index contributed by atoms with van der Waals surface area (Å²) in [5.74, 6) is -0.469. The molecule has 116 valence electrons. The standard InChI is InChI=1S/C16H16BrNO3S/c1-21-16(20)10-14(11-4-6-12(17)7-5-11)18-15(19)9-13-3-2-8-22-13/h2-8,14H,9-10H2,1H3,(H,18,19)/t14-/m0/s1. The van der Waals surface area contributed by atoms with E-state index >= 15 is 0 Å². The summed E-state index contributed by atoms with van der Waals surface area (Å²) in [6.45, 7) is 0. The maximum atomic E-state index is 12.2. The summed E-state index contributed by atoms with van der Waals surface area (Å²) in [6.07, 6.45) is 0.417. The molecule has 0 aliphatic heterocycles. The first-order valence-corrected chi connectivity index (χ1v) is 8.40. The van der Waals surface area contributed by atoms with Gasteiger partial charge in [-0.15, -0.1) is 11.3 Å². The Kier molecular flexibility index (Phi) is 6.15. The van der Waals surface area contributed by atoms with E-state index in [1.54, 1.807) is 0 Å². The molecule has 0 radical (unpaired) electrons. The molecule has 22 heavy (non-hydrogen) atoms. The molecule has 0 saturated carbocycles. The summed E-state index contributed by atoms with van der Waals surface area (Å²) >= 11 is 4.91. The minimum absolute atomic E-state index is 0.105. The largest absolute Gasteiger partial charge is 0.469 e. The van der Waals surface area contributed by atoms with Crippen molar-refractivity contribution in [2.75, 3.05) is 7.11 Å². The lowest BCUT2D eigenvalue weighted by Gasteiger charge is -2.18. The van der Waals surface area contributed by atoms with E-state index in [1.165, 1.54) is 18.4 Å². The lowest BCUT2D eigenvalue weighted by Crippen LogP contribution is -2.31. The number of carbonyl (C=O) groups is 2. The number of thiophene rings is 1. The molecule has 0 bridgehead atoms. The van der Waals surface area contributed by atoms with Gasteiger partial charge in [0.15, 0.2) is 0 Å². The van der Waals surface area contributed by atoms with Gasteiger partial charge in [-0.1, -0.05) is 34.1 Å². The van der Waals surface area contributed by atoms with Crippen LogP contribution in [-0.4, -0.2) is 19.0 Å². The summed E-state index contributed by atoms with van der Waals surface area (Å²) in [6, 6.07) is 10.9. The Morgan fingerprint density at radius 1 is 1.27 bits per heavy atom. The topological polar surface area (TPSA) is 55.4 Å². The van der Waals surface area contributed by atoms with Crippen LogP contribution in [0.4, 0.5) is 0 Å². The number of benzene rings is 1. The summed E-state index contributed by atoms with van der Waals surface area (Å²) < 4.78 is 5.66. The van der Waals surface area contributed by atoms with E-state index < -0.39 is 6.04 Å². The van der Waals surface area contributed by atoms with Crippen molar-refractivity contribution in [3.63, 3.8) is 0 Å². The number of carbonyl (C=O) groups excluding carboxylic acids is 2. The number of esters is 1. The number of rotatable bonds is 6. The van der Waals surface area contributed by atoms with Crippen molar-refractivity contribution in [3.05, 3.63) is 56.7 Å². The highest BCUT2D eigenvalue weighted by Crippen LogP contribution is 2.21. The van der Waals surface area contributed by atoms with Gasteiger partial charge in [-0.25, -0.2) is 0 Å². The number of hydrogen-bond acceptors (Lipinski definition) is 4. The van der Waals surface area contributed by atoms with Gasteiger partial charge in [-0.05, 0) is 29.1 Å². The van der Waals surface area contributed by atoms with Crippen LogP contribution in [0.3, 0.4) is 0 Å². The Morgan fingerprint density at radius 3 is 2.59 bits per heavy atom. The van der Waals surface area contributed by atoms with Crippen LogP contribution < -0.4 is 5.32 Å². The molecule has 1 aromatic carbocycles. The Labute approximate surface area is 141 Å². The fourth-order valence-corrected chi connectivity index (χ4v) is 2.98. The predicted molar refractivity (Wildman–Crippen MR) is 89.7 cm³/mol. The van der Waals surface area contributed by atoms with Gasteiger partial charge in [0.25, 0.3) is 0 Å². The quantitative estimate of drug-likeness (QED) is 0.779. The molecule has 1 aromatic heterocycles. The molecule has 1 atom stereocenters. The van der Waals surface area contributed by atoms with Crippen LogP contribution in [0, 0.1) is 0 Å². The van der Waals surface area contributed by atoms with Gasteiger partial charge in [0.05, 0.1) is 26.0 Å². The van der Waals surface area contributed by atoms with Crippen molar-refractivity contribution in [3.8, 4) is 0 Å². The average molecular weight is 382 g/mol. The van der Waals surface area contributed by atoms with Crippen molar-refractivity contribution in [1.82, 2.24) is 5.32 Å². The molecule has 0 fully saturated rings. The average Bonchev–Trinajstić information content (AvgIpc) is 3.00. The zero-order valence-electron chi connectivity index (χ0n) is 12.0. The van der Waals surface area contributed by atoms with E-state index in [9.17, 15) is 9.59 Å². The minimum Gasteiger partial charge on any atom is -0.469 e. The van der Waals surface area contributed by atoms with E-state index in [0.29, 0.717) is 6.42 Å². The highest BCUT2D eigenvalue weighted by atomic mass is 79.9. The van der Waals surface area contributed by atoms with Gasteiger partial charge in [-0.2, -0.15) is 0 Å². The second-order valence-corrected chi connectivity index (χ2v) is 6.66. The van der Waals surface area contributed by atoms with Gasteiger partial charge in [-0.3, -0.25) is 9.59 Å². The number of methoxy groups -OCH3 is 1. The van der Waals surface area contributed by atoms with E-state index in [0.717, 1.165) is 14.9 Å². The maximum Gasteiger partial charge on any atom is 0.307 e. The molecule has 1 N–H and O–H groups in total. The van der Waals surface area contributed by atoms with Gasteiger partial charge in [0, 0.05) is 9.35 Å². The highest BCUT2D eigenvalue weighted by Gasteiger charge is 2.19. The van der Waals surface area contributed by atoms with Crippen molar-refractivity contribution >= 4 is 39.1 Å². The first-order valence-electron chi connectivity index (χ1n) is 6.72. The SMILES string of the molecule is COC(=O)C[C@H](NC(=O)Cc1cccs1)c1ccc(Br)cc1. The number of ether oxygens (including phenoxy) is 1. The van der Waals surface area contributed by atoms with Gasteiger partial charge < -0.3 is 10.1 Å². The van der Waals surface area contributed by atoms with Crippen LogP contribution in [0.2, 0.25) is 0 Å². The first kappa shape index (κ1) is 16.7. The molecule has 6 heteroatoms. The van der Waals surface area contributed by atoms with Crippen molar-refractivity contribution in [1.29, 1.82) is 0 Å². The van der Waals surface area contributed by atoms with E-state index in [1.807, 2.05) is 41.8 Å². The van der Waals surface area contributed by atoms with Crippen LogP contribution >= 0.6 is 27.3 Å². The Hall–Kier alpha value is -1.66. The number of halogens is 1. The van der Waals surface area contributed by atoms with Crippen LogP contribution in [-0.2, 0) is 20.7 Å². The number of amides is 1. The zero-order chi connectivity index (χ0) is 15.9. The third-order valence-corrected chi connectivity index (χ3v) is 4.53. The lowest BCUT2D eigenvalue weighted by atomic mass is 10.0. The van der Waals surface area contributed by atoms with Crippen molar-refractivity contribution in [2.24, 2.45) is 0 Å². The Morgan fingerprint density at radius 2 is 2.00 bits per heavy atom. The van der Waals surface area contributed by atoms with Crippen molar-refractivity contribution < 1.29 is 14.3 Å². The third-order valence-electron chi connectivity index (χ3n) is 3.12. The number of nitrogens with one attached hydrogen (secondary N) is 1. The van der Waals surface area contributed by atoms with Crippen LogP contribution in [0.25, 0.3) is 0 Å². The molecular weight excluding hydrogens is 366 g/mol. The monoisotopic (exact) mass is 381 g/mol. The molecule has 0 aliphatic carbocycles. The molecule has 1 heterocycles. The molecule has 2 rings (SSSR count). The fraction of sp³-hybridized carbons (Fsp3) is 0.250. The normalized spacial score (nSPS) is 11.7. The molecular formula is C16H16BrNO3S. The fourth-order valence-electron chi connectivity index (χ4n) is 2.01. The zero-order valence-corrected chi connectivity index (χ0v) is 14.4. The minimum atomic E-state index is -0.395. The van der Waals surface area contributed by atoms with Gasteiger partial charge in [0.2, 0.25) is 5.91 Å².